The second-order valence-electron chi connectivity index (χ2n) is 3.65. The van der Waals surface area contributed by atoms with Gasteiger partial charge in [-0.2, -0.15) is 0 Å². The maximum Gasteiger partial charge on any atom is 0.0886 e. The van der Waals surface area contributed by atoms with Gasteiger partial charge < -0.3 is 16.0 Å². The summed E-state index contributed by atoms with van der Waals surface area (Å²) in [5.74, 6) is 1.44. The van der Waals surface area contributed by atoms with Crippen LogP contribution in [0.15, 0.2) is 12.4 Å². The number of nitrogens with zero attached hydrogens (tertiary/aromatic N) is 1. The molecule has 1 fully saturated rings. The van der Waals surface area contributed by atoms with Crippen LogP contribution in [0.25, 0.3) is 0 Å². The van der Waals surface area contributed by atoms with Crippen LogP contribution in [0, 0.1) is 5.92 Å². The van der Waals surface area contributed by atoms with Crippen molar-refractivity contribution in [2.75, 3.05) is 26.2 Å². The minimum atomic E-state index is 0.572. The largest absolute Gasteiger partial charge is 0.386 e. The Bertz CT molecular complexity index is 156. The first kappa shape index (κ1) is 9.39. The molecule has 3 N–H and O–H groups in total. The molecule has 1 heterocycles. The average Bonchev–Trinajstić information content (AvgIpc) is 2.35. The smallest absolute Gasteiger partial charge is 0.0886 e. The minimum absolute atomic E-state index is 0.572. The Kier molecular flexibility index (Phi) is 3.41. The first-order valence-electron chi connectivity index (χ1n) is 4.59. The summed E-state index contributed by atoms with van der Waals surface area (Å²) in [6.07, 6.45) is 1.34. The van der Waals surface area contributed by atoms with E-state index in [1.54, 1.807) is 0 Å². The third-order valence-corrected chi connectivity index (χ3v) is 2.29. The molecule has 0 aromatic carbocycles. The van der Waals surface area contributed by atoms with Gasteiger partial charge in [-0.15, -0.1) is 0 Å². The van der Waals surface area contributed by atoms with Gasteiger partial charge in [-0.25, -0.2) is 0 Å². The quantitative estimate of drug-likeness (QED) is 0.638. The Hall–Kier alpha value is -0.700. The average molecular weight is 169 g/mol. The molecule has 0 bridgehead atoms. The van der Waals surface area contributed by atoms with Crippen molar-refractivity contribution >= 4 is 0 Å². The van der Waals surface area contributed by atoms with Gasteiger partial charge in [0.1, 0.15) is 0 Å². The van der Waals surface area contributed by atoms with Crippen LogP contribution in [-0.2, 0) is 0 Å². The minimum Gasteiger partial charge on any atom is -0.386 e. The summed E-state index contributed by atoms with van der Waals surface area (Å²) in [5.41, 5.74) is 5.38. The summed E-state index contributed by atoms with van der Waals surface area (Å²) >= 11 is 0. The van der Waals surface area contributed by atoms with Crippen LogP contribution < -0.4 is 11.1 Å². The van der Waals surface area contributed by atoms with Crippen LogP contribution in [0.3, 0.4) is 0 Å². The number of nitrogens with one attached hydrogen (secondary N) is 1. The maximum absolute atomic E-state index is 5.38. The van der Waals surface area contributed by atoms with Crippen molar-refractivity contribution in [3.05, 3.63) is 12.4 Å². The Balaban J connectivity index is 2.04. The van der Waals surface area contributed by atoms with E-state index in [4.69, 9.17) is 5.73 Å². The van der Waals surface area contributed by atoms with Crippen molar-refractivity contribution in [2.24, 2.45) is 11.7 Å². The van der Waals surface area contributed by atoms with Crippen molar-refractivity contribution < 1.29 is 0 Å². The summed E-state index contributed by atoms with van der Waals surface area (Å²) in [4.78, 5) is 2.46. The zero-order valence-electron chi connectivity index (χ0n) is 7.84. The number of hydrogen-bond donors (Lipinski definition) is 2. The van der Waals surface area contributed by atoms with Crippen LogP contribution in [0.4, 0.5) is 0 Å². The lowest BCUT2D eigenvalue weighted by atomic mass is 10.2. The molecular weight excluding hydrogens is 150 g/mol. The highest BCUT2D eigenvalue weighted by atomic mass is 15.2. The second-order valence-corrected chi connectivity index (χ2v) is 3.65. The lowest BCUT2D eigenvalue weighted by molar-refractivity contribution is 0.329. The fourth-order valence-corrected chi connectivity index (χ4v) is 1.60. The molecule has 1 saturated heterocycles. The lowest BCUT2D eigenvalue weighted by Gasteiger charge is -2.15. The molecule has 70 valence electrons. The molecule has 1 unspecified atom stereocenters. The van der Waals surface area contributed by atoms with Crippen LogP contribution in [-0.4, -0.2) is 31.1 Å². The van der Waals surface area contributed by atoms with E-state index in [2.05, 4.69) is 23.7 Å². The third kappa shape index (κ3) is 3.13. The monoisotopic (exact) mass is 169 g/mol. The molecule has 3 nitrogen and oxygen atoms in total. The van der Waals surface area contributed by atoms with E-state index in [9.17, 15) is 0 Å². The molecule has 0 aliphatic carbocycles. The van der Waals surface area contributed by atoms with Gasteiger partial charge in [-0.3, -0.25) is 0 Å². The van der Waals surface area contributed by atoms with Gasteiger partial charge >= 0.3 is 0 Å². The van der Waals surface area contributed by atoms with Gasteiger partial charge in [0.25, 0.3) is 0 Å². The molecule has 0 saturated carbocycles. The van der Waals surface area contributed by atoms with Crippen LogP contribution in [0.1, 0.15) is 13.3 Å². The van der Waals surface area contributed by atoms with Gasteiger partial charge in [0.2, 0.25) is 0 Å². The standard InChI is InChI=1S/C9H19N3/c1-8-3-5-12(7-8)6-4-11-9(2)10/h8,11H,2-7,10H2,1H3. The van der Waals surface area contributed by atoms with E-state index in [-0.39, 0.29) is 0 Å². The van der Waals surface area contributed by atoms with E-state index in [0.29, 0.717) is 5.82 Å². The topological polar surface area (TPSA) is 41.3 Å². The molecule has 1 aliphatic heterocycles. The van der Waals surface area contributed by atoms with E-state index in [1.807, 2.05) is 0 Å². The van der Waals surface area contributed by atoms with Gasteiger partial charge in [-0.05, 0) is 18.9 Å². The molecule has 3 heteroatoms. The third-order valence-electron chi connectivity index (χ3n) is 2.29. The zero-order valence-corrected chi connectivity index (χ0v) is 7.84. The second kappa shape index (κ2) is 4.36. The summed E-state index contributed by atoms with van der Waals surface area (Å²) in [5, 5.41) is 3.03. The van der Waals surface area contributed by atoms with Gasteiger partial charge in [0, 0.05) is 19.6 Å². The molecular formula is C9H19N3. The number of rotatable bonds is 4. The highest BCUT2D eigenvalue weighted by Gasteiger charge is 2.17. The van der Waals surface area contributed by atoms with Crippen molar-refractivity contribution in [3.8, 4) is 0 Å². The van der Waals surface area contributed by atoms with Gasteiger partial charge in [-0.1, -0.05) is 13.5 Å². The summed E-state index contributed by atoms with van der Waals surface area (Å²) in [6.45, 7) is 10.4. The van der Waals surface area contributed by atoms with Crippen molar-refractivity contribution in [3.63, 3.8) is 0 Å². The summed E-state index contributed by atoms with van der Waals surface area (Å²) in [7, 11) is 0. The van der Waals surface area contributed by atoms with Crippen molar-refractivity contribution in [1.82, 2.24) is 10.2 Å². The maximum atomic E-state index is 5.38. The summed E-state index contributed by atoms with van der Waals surface area (Å²) in [6, 6.07) is 0. The zero-order chi connectivity index (χ0) is 8.97. The fraction of sp³-hybridized carbons (Fsp3) is 0.778. The van der Waals surface area contributed by atoms with E-state index >= 15 is 0 Å². The first-order valence-corrected chi connectivity index (χ1v) is 4.59. The Labute approximate surface area is 74.6 Å². The van der Waals surface area contributed by atoms with E-state index in [1.165, 1.54) is 19.5 Å². The lowest BCUT2D eigenvalue weighted by Crippen LogP contribution is -2.31. The Morgan fingerprint density at radius 1 is 1.75 bits per heavy atom. The molecule has 0 radical (unpaired) electrons. The molecule has 0 spiro atoms. The summed E-state index contributed by atoms with van der Waals surface area (Å²) < 4.78 is 0. The van der Waals surface area contributed by atoms with Gasteiger partial charge in [0.05, 0.1) is 5.82 Å². The van der Waals surface area contributed by atoms with E-state index in [0.717, 1.165) is 19.0 Å². The van der Waals surface area contributed by atoms with Crippen LogP contribution in [0.2, 0.25) is 0 Å². The predicted octanol–water partition coefficient (Wildman–Crippen LogP) is 0.348. The number of hydrogen-bond acceptors (Lipinski definition) is 3. The predicted molar refractivity (Wildman–Crippen MR) is 51.6 cm³/mol. The molecule has 0 aromatic rings. The molecule has 0 aromatic heterocycles. The van der Waals surface area contributed by atoms with Crippen LogP contribution >= 0.6 is 0 Å². The van der Waals surface area contributed by atoms with E-state index < -0.39 is 0 Å². The fourth-order valence-electron chi connectivity index (χ4n) is 1.60. The molecule has 1 rings (SSSR count). The number of likely N-dealkylation sites (tertiary alicyclic amines) is 1. The molecule has 0 amide bonds. The number of nitrogens with two attached hydrogens (primary N) is 1. The first-order chi connectivity index (χ1) is 5.68. The Morgan fingerprint density at radius 3 is 3.00 bits per heavy atom. The Morgan fingerprint density at radius 2 is 2.50 bits per heavy atom. The highest BCUT2D eigenvalue weighted by Crippen LogP contribution is 2.13. The SMILES string of the molecule is C=C(N)NCCN1CCC(C)C1. The highest BCUT2D eigenvalue weighted by molar-refractivity contribution is 4.83. The van der Waals surface area contributed by atoms with Gasteiger partial charge in [0.15, 0.2) is 0 Å². The molecule has 1 aliphatic rings. The van der Waals surface area contributed by atoms with Crippen molar-refractivity contribution in [1.29, 1.82) is 0 Å². The normalized spacial score (nSPS) is 24.2. The van der Waals surface area contributed by atoms with Crippen molar-refractivity contribution in [2.45, 2.75) is 13.3 Å². The molecule has 1 atom stereocenters. The molecule has 12 heavy (non-hydrogen) atoms. The van der Waals surface area contributed by atoms with Crippen LogP contribution in [0.5, 0.6) is 0 Å².